The molecular weight excluding hydrogens is 450 g/mol. The fourth-order valence-corrected chi connectivity index (χ4v) is 4.51. The van der Waals surface area contributed by atoms with Crippen LogP contribution in [0.4, 0.5) is 0 Å². The van der Waals surface area contributed by atoms with Crippen molar-refractivity contribution in [3.63, 3.8) is 0 Å². The first kappa shape index (κ1) is 21.3. The molecule has 0 aromatic heterocycles. The molecule has 1 unspecified atom stereocenters. The van der Waals surface area contributed by atoms with Gasteiger partial charge in [0.15, 0.2) is 6.17 Å². The Labute approximate surface area is 209 Å². The Hall–Kier alpha value is -4.21. The third kappa shape index (κ3) is 4.46. The molecule has 1 atom stereocenters. The molecule has 0 saturated carbocycles. The summed E-state index contributed by atoms with van der Waals surface area (Å²) >= 11 is 6.18. The molecule has 0 saturated heterocycles. The molecule has 0 fully saturated rings. The number of fused-ring (bicyclic) bond motifs is 1. The average Bonchev–Trinajstić information content (AvgIpc) is 2.93. The molecule has 168 valence electrons. The summed E-state index contributed by atoms with van der Waals surface area (Å²) in [6, 6.07) is 41.3. The van der Waals surface area contributed by atoms with Gasteiger partial charge in [-0.05, 0) is 45.7 Å². The van der Waals surface area contributed by atoms with Crippen LogP contribution < -0.4 is 5.32 Å². The third-order valence-electron chi connectivity index (χ3n) is 6.18. The second kappa shape index (κ2) is 9.21. The number of rotatable bonds is 4. The van der Waals surface area contributed by atoms with Crippen LogP contribution in [0.15, 0.2) is 131 Å². The van der Waals surface area contributed by atoms with E-state index in [0.29, 0.717) is 0 Å². The summed E-state index contributed by atoms with van der Waals surface area (Å²) in [4.78, 5) is 9.95. The summed E-state index contributed by atoms with van der Waals surface area (Å²) in [6.07, 6.45) is -0.322. The Morgan fingerprint density at radius 3 is 1.80 bits per heavy atom. The lowest BCUT2D eigenvalue weighted by Crippen LogP contribution is -2.36. The summed E-state index contributed by atoms with van der Waals surface area (Å²) < 4.78 is 0. The van der Waals surface area contributed by atoms with Crippen LogP contribution in [-0.4, -0.2) is 11.7 Å². The zero-order valence-electron chi connectivity index (χ0n) is 18.9. The van der Waals surface area contributed by atoms with E-state index in [4.69, 9.17) is 21.6 Å². The van der Waals surface area contributed by atoms with Gasteiger partial charge in [0.1, 0.15) is 11.7 Å². The first-order valence-corrected chi connectivity index (χ1v) is 11.9. The van der Waals surface area contributed by atoms with E-state index >= 15 is 0 Å². The van der Waals surface area contributed by atoms with Gasteiger partial charge in [-0.25, -0.2) is 9.98 Å². The van der Waals surface area contributed by atoms with Crippen LogP contribution in [-0.2, 0) is 0 Å². The predicted molar refractivity (Wildman–Crippen MR) is 146 cm³/mol. The highest BCUT2D eigenvalue weighted by atomic mass is 35.5. The number of nitrogens with one attached hydrogen (secondary N) is 1. The molecule has 1 N–H and O–H groups in total. The summed E-state index contributed by atoms with van der Waals surface area (Å²) in [7, 11) is 0. The summed E-state index contributed by atoms with van der Waals surface area (Å²) in [6.45, 7) is 0. The van der Waals surface area contributed by atoms with Crippen molar-refractivity contribution in [2.75, 3.05) is 0 Å². The summed E-state index contributed by atoms with van der Waals surface area (Å²) in [5, 5.41) is 6.44. The normalized spacial score (nSPS) is 15.3. The van der Waals surface area contributed by atoms with Crippen LogP contribution in [0, 0.1) is 0 Å². The molecular formula is C31H22ClN3. The number of hydrogen-bond donors (Lipinski definition) is 1. The van der Waals surface area contributed by atoms with Gasteiger partial charge in [-0.1, -0.05) is 115 Å². The second-order valence-electron chi connectivity index (χ2n) is 8.51. The largest absolute Gasteiger partial charge is 0.324 e. The molecule has 0 bridgehead atoms. The van der Waals surface area contributed by atoms with Crippen molar-refractivity contribution < 1.29 is 0 Å². The molecule has 4 heteroatoms. The molecule has 5 aromatic carbocycles. The second-order valence-corrected chi connectivity index (χ2v) is 8.95. The molecule has 0 aliphatic carbocycles. The minimum absolute atomic E-state index is 0.322. The SMILES string of the molecule is Clc1ccc2cc(C3=NC(c4ccccc4)N=C(c4ccc(-c5ccccc5)cc4)N3)ccc2c1. The smallest absolute Gasteiger partial charge is 0.169 e. The molecule has 1 aliphatic rings. The van der Waals surface area contributed by atoms with Crippen LogP contribution in [0.1, 0.15) is 22.9 Å². The number of aliphatic imine (C=N–C) groups is 2. The summed E-state index contributed by atoms with van der Waals surface area (Å²) in [5.41, 5.74) is 5.45. The highest BCUT2D eigenvalue weighted by molar-refractivity contribution is 6.31. The maximum Gasteiger partial charge on any atom is 0.169 e. The van der Waals surface area contributed by atoms with Crippen LogP contribution in [0.25, 0.3) is 21.9 Å². The molecule has 35 heavy (non-hydrogen) atoms. The Morgan fingerprint density at radius 1 is 0.514 bits per heavy atom. The van der Waals surface area contributed by atoms with E-state index in [1.807, 2.05) is 42.5 Å². The van der Waals surface area contributed by atoms with E-state index in [0.717, 1.165) is 44.2 Å². The van der Waals surface area contributed by atoms with Gasteiger partial charge in [-0.3, -0.25) is 0 Å². The van der Waals surface area contributed by atoms with Crippen molar-refractivity contribution in [1.29, 1.82) is 0 Å². The number of nitrogens with zero attached hydrogens (tertiary/aromatic N) is 2. The predicted octanol–water partition coefficient (Wildman–Crippen LogP) is 7.66. The number of benzene rings is 5. The van der Waals surface area contributed by atoms with Gasteiger partial charge in [-0.2, -0.15) is 0 Å². The van der Waals surface area contributed by atoms with Gasteiger partial charge >= 0.3 is 0 Å². The Morgan fingerprint density at radius 2 is 1.06 bits per heavy atom. The van der Waals surface area contributed by atoms with Crippen molar-refractivity contribution in [2.45, 2.75) is 6.17 Å². The standard InChI is InChI=1S/C31H22ClN3/c32-28-18-17-25-19-27(16-15-26(25)20-28)31-34-29(23-9-5-2-6-10-23)33-30(35-31)24-13-11-22(12-14-24)21-7-3-1-4-8-21/h1-20,29H,(H,33,34,35). The fraction of sp³-hybridized carbons (Fsp3) is 0.0323. The monoisotopic (exact) mass is 471 g/mol. The molecule has 1 aliphatic heterocycles. The Balaban J connectivity index is 1.39. The lowest BCUT2D eigenvalue weighted by molar-refractivity contribution is 0.756. The maximum absolute atomic E-state index is 6.18. The van der Waals surface area contributed by atoms with Crippen molar-refractivity contribution in [3.05, 3.63) is 143 Å². The van der Waals surface area contributed by atoms with Gasteiger partial charge in [0.05, 0.1) is 0 Å². The Kier molecular flexibility index (Phi) is 5.61. The number of amidine groups is 2. The maximum atomic E-state index is 6.18. The number of halogens is 1. The highest BCUT2D eigenvalue weighted by Gasteiger charge is 2.20. The van der Waals surface area contributed by atoms with Crippen LogP contribution in [0.5, 0.6) is 0 Å². The third-order valence-corrected chi connectivity index (χ3v) is 6.41. The van der Waals surface area contributed by atoms with E-state index in [1.165, 1.54) is 11.1 Å². The van der Waals surface area contributed by atoms with Gasteiger partial charge in [0.25, 0.3) is 0 Å². The zero-order chi connectivity index (χ0) is 23.6. The molecule has 0 amide bonds. The Bertz CT molecular complexity index is 1560. The molecule has 3 nitrogen and oxygen atoms in total. The number of hydrogen-bond acceptors (Lipinski definition) is 3. The van der Waals surface area contributed by atoms with Crippen LogP contribution >= 0.6 is 11.6 Å². The van der Waals surface area contributed by atoms with E-state index < -0.39 is 0 Å². The lowest BCUT2D eigenvalue weighted by atomic mass is 10.0. The molecule has 5 aromatic rings. The van der Waals surface area contributed by atoms with E-state index in [9.17, 15) is 0 Å². The van der Waals surface area contributed by atoms with Crippen molar-refractivity contribution in [2.24, 2.45) is 9.98 Å². The first-order chi connectivity index (χ1) is 17.2. The minimum Gasteiger partial charge on any atom is -0.324 e. The van der Waals surface area contributed by atoms with Crippen molar-refractivity contribution in [3.8, 4) is 11.1 Å². The van der Waals surface area contributed by atoms with Gasteiger partial charge in [-0.15, -0.1) is 0 Å². The first-order valence-electron chi connectivity index (χ1n) is 11.6. The van der Waals surface area contributed by atoms with E-state index in [1.54, 1.807) is 0 Å². The van der Waals surface area contributed by atoms with Gasteiger partial charge < -0.3 is 5.32 Å². The summed E-state index contributed by atoms with van der Waals surface area (Å²) in [5.74, 6) is 1.60. The van der Waals surface area contributed by atoms with E-state index in [2.05, 4.69) is 84.2 Å². The van der Waals surface area contributed by atoms with Crippen LogP contribution in [0.2, 0.25) is 5.02 Å². The highest BCUT2D eigenvalue weighted by Crippen LogP contribution is 2.27. The zero-order valence-corrected chi connectivity index (χ0v) is 19.7. The lowest BCUT2D eigenvalue weighted by Gasteiger charge is -2.22. The van der Waals surface area contributed by atoms with Gasteiger partial charge in [0.2, 0.25) is 0 Å². The molecule has 0 radical (unpaired) electrons. The van der Waals surface area contributed by atoms with Gasteiger partial charge in [0, 0.05) is 16.1 Å². The van der Waals surface area contributed by atoms with Crippen molar-refractivity contribution >= 4 is 34.0 Å². The molecule has 6 rings (SSSR count). The average molecular weight is 472 g/mol. The quantitative estimate of drug-likeness (QED) is 0.287. The van der Waals surface area contributed by atoms with Crippen LogP contribution in [0.3, 0.4) is 0 Å². The molecule has 1 heterocycles. The minimum atomic E-state index is -0.322. The topological polar surface area (TPSA) is 36.8 Å². The fourth-order valence-electron chi connectivity index (χ4n) is 4.33. The molecule has 0 spiro atoms. The van der Waals surface area contributed by atoms with E-state index in [-0.39, 0.29) is 6.17 Å². The van der Waals surface area contributed by atoms with Crippen molar-refractivity contribution in [1.82, 2.24) is 5.32 Å².